The van der Waals surface area contributed by atoms with Gasteiger partial charge in [-0.05, 0) is 29.7 Å². The van der Waals surface area contributed by atoms with Crippen LogP contribution in [0.15, 0.2) is 30.6 Å². The van der Waals surface area contributed by atoms with E-state index in [1.165, 1.54) is 13.2 Å². The lowest BCUT2D eigenvalue weighted by Crippen LogP contribution is -2.24. The number of methoxy groups -OCH3 is 1. The lowest BCUT2D eigenvalue weighted by Gasteiger charge is -2.17. The molecule has 0 aliphatic rings. The zero-order valence-corrected chi connectivity index (χ0v) is 13.8. The van der Waals surface area contributed by atoms with Gasteiger partial charge in [-0.1, -0.05) is 19.9 Å². The normalized spacial score (nSPS) is 12.3. The smallest absolute Gasteiger partial charge is 0.309 e. The number of ketones is 2. The van der Waals surface area contributed by atoms with E-state index in [4.69, 9.17) is 4.74 Å². The minimum Gasteiger partial charge on any atom is -0.469 e. The molecule has 0 saturated heterocycles. The van der Waals surface area contributed by atoms with Crippen LogP contribution in [0.4, 0.5) is 0 Å². The molecular formula is C18H23NO4. The lowest BCUT2D eigenvalue weighted by molar-refractivity contribution is -0.148. The second-order valence-electron chi connectivity index (χ2n) is 5.70. The Bertz CT molecular complexity index is 564. The van der Waals surface area contributed by atoms with E-state index in [1.807, 2.05) is 19.9 Å². The number of pyridine rings is 1. The van der Waals surface area contributed by atoms with Crippen LogP contribution in [0, 0.1) is 11.8 Å². The molecule has 5 heteroatoms. The largest absolute Gasteiger partial charge is 0.469 e. The quantitative estimate of drug-likeness (QED) is 0.517. The number of rotatable bonds is 9. The summed E-state index contributed by atoms with van der Waals surface area (Å²) >= 11 is 0. The van der Waals surface area contributed by atoms with E-state index >= 15 is 0 Å². The molecule has 0 aromatic carbocycles. The summed E-state index contributed by atoms with van der Waals surface area (Å²) in [6.07, 6.45) is 6.82. The summed E-state index contributed by atoms with van der Waals surface area (Å²) in [5.41, 5.74) is 0.831. The van der Waals surface area contributed by atoms with Crippen LogP contribution in [0.2, 0.25) is 0 Å². The summed E-state index contributed by atoms with van der Waals surface area (Å²) in [7, 11) is 1.31. The van der Waals surface area contributed by atoms with E-state index in [0.717, 1.165) is 5.56 Å². The number of Topliss-reactive ketones (excluding diaryl/α,β-unsaturated/α-hetero) is 1. The SMILES string of the molecule is COC(=O)[C@@H](CC(=O)CCC(=O)/C=C/c1cccnc1)C(C)C. The van der Waals surface area contributed by atoms with Crippen LogP contribution < -0.4 is 0 Å². The fourth-order valence-corrected chi connectivity index (χ4v) is 2.10. The Morgan fingerprint density at radius 2 is 2.00 bits per heavy atom. The zero-order valence-electron chi connectivity index (χ0n) is 13.8. The molecule has 1 aromatic heterocycles. The average molecular weight is 317 g/mol. The summed E-state index contributed by atoms with van der Waals surface area (Å²) in [6.45, 7) is 3.74. The maximum absolute atomic E-state index is 12.0. The van der Waals surface area contributed by atoms with E-state index in [0.29, 0.717) is 0 Å². The lowest BCUT2D eigenvalue weighted by atomic mass is 9.89. The van der Waals surface area contributed by atoms with Crippen molar-refractivity contribution in [2.75, 3.05) is 7.11 Å². The van der Waals surface area contributed by atoms with Gasteiger partial charge in [0.15, 0.2) is 5.78 Å². The number of ether oxygens (including phenoxy) is 1. The molecule has 124 valence electrons. The Labute approximate surface area is 136 Å². The number of carbonyl (C=O) groups is 3. The molecule has 0 aliphatic heterocycles. The van der Waals surface area contributed by atoms with Crippen LogP contribution in [0.1, 0.15) is 38.7 Å². The summed E-state index contributed by atoms with van der Waals surface area (Å²) in [6, 6.07) is 3.62. The molecule has 0 radical (unpaired) electrons. The molecule has 1 aromatic rings. The maximum Gasteiger partial charge on any atom is 0.309 e. The van der Waals surface area contributed by atoms with E-state index in [1.54, 1.807) is 24.5 Å². The third-order valence-electron chi connectivity index (χ3n) is 3.55. The first kappa shape index (κ1) is 18.7. The third kappa shape index (κ3) is 7.00. The van der Waals surface area contributed by atoms with Crippen LogP contribution in [-0.4, -0.2) is 29.6 Å². The van der Waals surface area contributed by atoms with Gasteiger partial charge in [0, 0.05) is 31.7 Å². The van der Waals surface area contributed by atoms with Crippen LogP contribution in [0.5, 0.6) is 0 Å². The van der Waals surface area contributed by atoms with Gasteiger partial charge < -0.3 is 4.74 Å². The molecule has 0 spiro atoms. The number of hydrogen-bond donors (Lipinski definition) is 0. The van der Waals surface area contributed by atoms with Crippen molar-refractivity contribution in [1.82, 2.24) is 4.98 Å². The topological polar surface area (TPSA) is 73.3 Å². The van der Waals surface area contributed by atoms with Crippen LogP contribution in [0.3, 0.4) is 0 Å². The predicted octanol–water partition coefficient (Wildman–Crippen LogP) is 2.85. The Morgan fingerprint density at radius 3 is 2.57 bits per heavy atom. The first-order valence-corrected chi connectivity index (χ1v) is 7.64. The van der Waals surface area contributed by atoms with Crippen LogP contribution >= 0.6 is 0 Å². The summed E-state index contributed by atoms with van der Waals surface area (Å²) < 4.78 is 4.71. The second kappa shape index (κ2) is 9.66. The molecule has 0 unspecified atom stereocenters. The fourth-order valence-electron chi connectivity index (χ4n) is 2.10. The minimum absolute atomic E-state index is 0.0209. The van der Waals surface area contributed by atoms with Crippen LogP contribution in [-0.2, 0) is 19.1 Å². The van der Waals surface area contributed by atoms with E-state index in [2.05, 4.69) is 4.98 Å². The number of allylic oxidation sites excluding steroid dienone is 1. The number of aromatic nitrogens is 1. The van der Waals surface area contributed by atoms with Crippen molar-refractivity contribution in [2.24, 2.45) is 11.8 Å². The highest BCUT2D eigenvalue weighted by Crippen LogP contribution is 2.18. The molecule has 0 aliphatic carbocycles. The first-order chi connectivity index (χ1) is 10.9. The Morgan fingerprint density at radius 1 is 1.26 bits per heavy atom. The van der Waals surface area contributed by atoms with Crippen molar-refractivity contribution in [3.8, 4) is 0 Å². The van der Waals surface area contributed by atoms with Gasteiger partial charge in [-0.15, -0.1) is 0 Å². The minimum atomic E-state index is -0.450. The predicted molar refractivity (Wildman–Crippen MR) is 87.5 cm³/mol. The summed E-state index contributed by atoms with van der Waals surface area (Å²) in [4.78, 5) is 39.3. The van der Waals surface area contributed by atoms with Gasteiger partial charge in [-0.25, -0.2) is 0 Å². The van der Waals surface area contributed by atoms with Gasteiger partial charge >= 0.3 is 5.97 Å². The van der Waals surface area contributed by atoms with Gasteiger partial charge in [0.1, 0.15) is 5.78 Å². The van der Waals surface area contributed by atoms with Crippen molar-refractivity contribution in [1.29, 1.82) is 0 Å². The number of hydrogen-bond acceptors (Lipinski definition) is 5. The molecule has 0 saturated carbocycles. The molecular weight excluding hydrogens is 294 g/mol. The number of esters is 1. The Balaban J connectivity index is 2.44. The van der Waals surface area contributed by atoms with Crippen molar-refractivity contribution < 1.29 is 19.1 Å². The monoisotopic (exact) mass is 317 g/mol. The summed E-state index contributed by atoms with van der Waals surface area (Å²) in [5.74, 6) is -1.03. The molecule has 0 fully saturated rings. The summed E-state index contributed by atoms with van der Waals surface area (Å²) in [5, 5.41) is 0. The highest BCUT2D eigenvalue weighted by atomic mass is 16.5. The highest BCUT2D eigenvalue weighted by Gasteiger charge is 2.25. The maximum atomic E-state index is 12.0. The molecule has 5 nitrogen and oxygen atoms in total. The van der Waals surface area contributed by atoms with Gasteiger partial charge in [-0.2, -0.15) is 0 Å². The van der Waals surface area contributed by atoms with Crippen molar-refractivity contribution in [3.63, 3.8) is 0 Å². The highest BCUT2D eigenvalue weighted by molar-refractivity contribution is 5.96. The molecule has 1 atom stereocenters. The van der Waals surface area contributed by atoms with Crippen LogP contribution in [0.25, 0.3) is 6.08 Å². The van der Waals surface area contributed by atoms with Crippen molar-refractivity contribution >= 4 is 23.6 Å². The fraction of sp³-hybridized carbons (Fsp3) is 0.444. The standard InChI is InChI=1S/C18H23NO4/c1-13(2)17(18(22)23-3)11-16(21)9-8-15(20)7-6-14-5-4-10-19-12-14/h4-7,10,12-13,17H,8-9,11H2,1-3H3/b7-6+/t17-/m0/s1. The third-order valence-corrected chi connectivity index (χ3v) is 3.55. The molecule has 0 bridgehead atoms. The zero-order chi connectivity index (χ0) is 17.2. The Kier molecular flexibility index (Phi) is 7.88. The molecule has 0 N–H and O–H groups in total. The van der Waals surface area contributed by atoms with E-state index < -0.39 is 5.92 Å². The van der Waals surface area contributed by atoms with E-state index in [-0.39, 0.29) is 42.7 Å². The molecule has 0 amide bonds. The van der Waals surface area contributed by atoms with E-state index in [9.17, 15) is 14.4 Å². The average Bonchev–Trinajstić information content (AvgIpc) is 2.55. The second-order valence-corrected chi connectivity index (χ2v) is 5.70. The Hall–Kier alpha value is -2.30. The molecule has 23 heavy (non-hydrogen) atoms. The van der Waals surface area contributed by atoms with Crippen molar-refractivity contribution in [2.45, 2.75) is 33.1 Å². The van der Waals surface area contributed by atoms with Gasteiger partial charge in [0.2, 0.25) is 0 Å². The molecule has 1 rings (SSSR count). The first-order valence-electron chi connectivity index (χ1n) is 7.64. The number of nitrogens with zero attached hydrogens (tertiary/aromatic N) is 1. The molecule has 1 heterocycles. The van der Waals surface area contributed by atoms with Gasteiger partial charge in [0.05, 0.1) is 13.0 Å². The number of carbonyl (C=O) groups excluding carboxylic acids is 3. The van der Waals surface area contributed by atoms with Crippen molar-refractivity contribution in [3.05, 3.63) is 36.2 Å². The van der Waals surface area contributed by atoms with Gasteiger partial charge in [-0.3, -0.25) is 19.4 Å². The van der Waals surface area contributed by atoms with Gasteiger partial charge in [0.25, 0.3) is 0 Å².